The number of nitrogens with zero attached hydrogens (tertiary/aromatic N) is 2. The van der Waals surface area contributed by atoms with E-state index in [0.29, 0.717) is 17.6 Å². The van der Waals surface area contributed by atoms with Crippen molar-refractivity contribution in [1.82, 2.24) is 4.98 Å². The minimum atomic E-state index is 0.358. The molecule has 4 nitrogen and oxygen atoms in total. The van der Waals surface area contributed by atoms with Crippen LogP contribution in [0.15, 0.2) is 18.3 Å². The Kier molecular flexibility index (Phi) is 3.37. The second-order valence-corrected chi connectivity index (χ2v) is 4.30. The Morgan fingerprint density at radius 3 is 2.81 bits per heavy atom. The van der Waals surface area contributed by atoms with E-state index in [1.54, 1.807) is 18.3 Å². The number of nitrogens with two attached hydrogens (primary N) is 1. The van der Waals surface area contributed by atoms with Crippen LogP contribution in [-0.2, 0) is 0 Å². The minimum absolute atomic E-state index is 0.358. The van der Waals surface area contributed by atoms with Gasteiger partial charge in [-0.3, -0.25) is 0 Å². The van der Waals surface area contributed by atoms with E-state index in [9.17, 15) is 0 Å². The van der Waals surface area contributed by atoms with Crippen molar-refractivity contribution in [3.63, 3.8) is 0 Å². The van der Waals surface area contributed by atoms with E-state index in [1.807, 2.05) is 0 Å². The van der Waals surface area contributed by atoms with Gasteiger partial charge < -0.3 is 11.1 Å². The standard InChI is InChI=1S/C12H16N4/c13-8-9-5-6-15-12(7-9)16-11-3-1-10(14)2-4-11/h5-7,10-11H,1-4,14H2,(H,15,16). The number of hydrogen-bond acceptors (Lipinski definition) is 4. The molecule has 0 saturated heterocycles. The number of aromatic nitrogens is 1. The van der Waals surface area contributed by atoms with Crippen LogP contribution in [0.2, 0.25) is 0 Å². The summed E-state index contributed by atoms with van der Waals surface area (Å²) >= 11 is 0. The Labute approximate surface area is 95.5 Å². The highest BCUT2D eigenvalue weighted by molar-refractivity contribution is 5.43. The molecule has 2 rings (SSSR count). The second kappa shape index (κ2) is 4.95. The number of nitriles is 1. The summed E-state index contributed by atoms with van der Waals surface area (Å²) in [5.41, 5.74) is 6.49. The normalized spacial score (nSPS) is 24.8. The van der Waals surface area contributed by atoms with Gasteiger partial charge in [-0.25, -0.2) is 4.98 Å². The van der Waals surface area contributed by atoms with Gasteiger partial charge in [0.15, 0.2) is 0 Å². The predicted molar refractivity (Wildman–Crippen MR) is 62.8 cm³/mol. The zero-order valence-electron chi connectivity index (χ0n) is 9.19. The Bertz CT molecular complexity index is 388. The fraction of sp³-hybridized carbons (Fsp3) is 0.500. The van der Waals surface area contributed by atoms with Gasteiger partial charge in [-0.05, 0) is 37.8 Å². The third-order valence-corrected chi connectivity index (χ3v) is 3.01. The van der Waals surface area contributed by atoms with Crippen LogP contribution in [-0.4, -0.2) is 17.1 Å². The SMILES string of the molecule is N#Cc1ccnc(NC2CCC(N)CC2)c1. The summed E-state index contributed by atoms with van der Waals surface area (Å²) in [5.74, 6) is 0.791. The maximum atomic E-state index is 8.78. The quantitative estimate of drug-likeness (QED) is 0.788. The molecular formula is C12H16N4. The molecule has 0 bridgehead atoms. The smallest absolute Gasteiger partial charge is 0.127 e. The summed E-state index contributed by atoms with van der Waals surface area (Å²) in [6.07, 6.45) is 5.96. The highest BCUT2D eigenvalue weighted by Crippen LogP contribution is 2.20. The molecule has 16 heavy (non-hydrogen) atoms. The first-order chi connectivity index (χ1) is 7.78. The van der Waals surface area contributed by atoms with Gasteiger partial charge in [0.2, 0.25) is 0 Å². The third kappa shape index (κ3) is 2.71. The first kappa shape index (κ1) is 10.9. The average Bonchev–Trinajstić information content (AvgIpc) is 2.32. The molecule has 0 radical (unpaired) electrons. The summed E-state index contributed by atoms with van der Waals surface area (Å²) < 4.78 is 0. The lowest BCUT2D eigenvalue weighted by Crippen LogP contribution is -2.33. The summed E-state index contributed by atoms with van der Waals surface area (Å²) in [5, 5.41) is 12.1. The van der Waals surface area contributed by atoms with Crippen LogP contribution in [0.5, 0.6) is 0 Å². The van der Waals surface area contributed by atoms with E-state index in [0.717, 1.165) is 31.5 Å². The lowest BCUT2D eigenvalue weighted by molar-refractivity contribution is 0.410. The molecule has 3 N–H and O–H groups in total. The van der Waals surface area contributed by atoms with Crippen LogP contribution in [0.25, 0.3) is 0 Å². The van der Waals surface area contributed by atoms with Crippen molar-refractivity contribution in [3.05, 3.63) is 23.9 Å². The number of hydrogen-bond donors (Lipinski definition) is 2. The Balaban J connectivity index is 1.96. The molecule has 1 heterocycles. The highest BCUT2D eigenvalue weighted by atomic mass is 15.0. The molecule has 1 aromatic rings. The zero-order valence-corrected chi connectivity index (χ0v) is 9.19. The fourth-order valence-electron chi connectivity index (χ4n) is 2.05. The molecule has 1 aliphatic carbocycles. The largest absolute Gasteiger partial charge is 0.367 e. The number of pyridine rings is 1. The van der Waals surface area contributed by atoms with Gasteiger partial charge in [0.05, 0.1) is 11.6 Å². The molecule has 0 unspecified atom stereocenters. The van der Waals surface area contributed by atoms with E-state index in [-0.39, 0.29) is 0 Å². The molecule has 84 valence electrons. The fourth-order valence-corrected chi connectivity index (χ4v) is 2.05. The summed E-state index contributed by atoms with van der Waals surface area (Å²) in [4.78, 5) is 4.21. The molecule has 0 atom stereocenters. The first-order valence-corrected chi connectivity index (χ1v) is 5.66. The molecule has 0 amide bonds. The first-order valence-electron chi connectivity index (χ1n) is 5.66. The number of rotatable bonds is 2. The molecule has 4 heteroatoms. The van der Waals surface area contributed by atoms with Gasteiger partial charge in [-0.15, -0.1) is 0 Å². The van der Waals surface area contributed by atoms with E-state index in [2.05, 4.69) is 16.4 Å². The molecule has 0 aromatic carbocycles. The van der Waals surface area contributed by atoms with Crippen molar-refractivity contribution in [2.75, 3.05) is 5.32 Å². The molecule has 1 aliphatic rings. The van der Waals surface area contributed by atoms with Crippen LogP contribution in [0.4, 0.5) is 5.82 Å². The van der Waals surface area contributed by atoms with Gasteiger partial charge in [-0.1, -0.05) is 0 Å². The molecule has 0 spiro atoms. The van der Waals surface area contributed by atoms with Gasteiger partial charge in [0.1, 0.15) is 5.82 Å². The Morgan fingerprint density at radius 1 is 1.38 bits per heavy atom. The number of nitrogens with one attached hydrogen (secondary N) is 1. The maximum Gasteiger partial charge on any atom is 0.127 e. The second-order valence-electron chi connectivity index (χ2n) is 4.30. The van der Waals surface area contributed by atoms with Gasteiger partial charge >= 0.3 is 0 Å². The average molecular weight is 216 g/mol. The minimum Gasteiger partial charge on any atom is -0.367 e. The third-order valence-electron chi connectivity index (χ3n) is 3.01. The van der Waals surface area contributed by atoms with E-state index < -0.39 is 0 Å². The van der Waals surface area contributed by atoms with E-state index in [4.69, 9.17) is 11.0 Å². The van der Waals surface area contributed by atoms with E-state index >= 15 is 0 Å². The lowest BCUT2D eigenvalue weighted by Gasteiger charge is -2.27. The predicted octanol–water partition coefficient (Wildman–Crippen LogP) is 1.64. The molecule has 1 fully saturated rings. The monoisotopic (exact) mass is 216 g/mol. The summed E-state index contributed by atoms with van der Waals surface area (Å²) in [7, 11) is 0. The maximum absolute atomic E-state index is 8.78. The topological polar surface area (TPSA) is 74.7 Å². The van der Waals surface area contributed by atoms with Gasteiger partial charge in [0, 0.05) is 18.3 Å². The van der Waals surface area contributed by atoms with Crippen molar-refractivity contribution < 1.29 is 0 Å². The number of anilines is 1. The van der Waals surface area contributed by atoms with Gasteiger partial charge in [-0.2, -0.15) is 5.26 Å². The molecular weight excluding hydrogens is 200 g/mol. The molecule has 1 aromatic heterocycles. The van der Waals surface area contributed by atoms with Crippen LogP contribution < -0.4 is 11.1 Å². The van der Waals surface area contributed by atoms with Crippen LogP contribution in [0.3, 0.4) is 0 Å². The van der Waals surface area contributed by atoms with Crippen LogP contribution in [0.1, 0.15) is 31.2 Å². The van der Waals surface area contributed by atoms with Crippen LogP contribution >= 0.6 is 0 Å². The van der Waals surface area contributed by atoms with Crippen molar-refractivity contribution in [3.8, 4) is 6.07 Å². The zero-order chi connectivity index (χ0) is 11.4. The van der Waals surface area contributed by atoms with E-state index in [1.165, 1.54) is 0 Å². The Morgan fingerprint density at radius 2 is 2.12 bits per heavy atom. The van der Waals surface area contributed by atoms with Crippen molar-refractivity contribution in [2.24, 2.45) is 5.73 Å². The van der Waals surface area contributed by atoms with Crippen molar-refractivity contribution in [2.45, 2.75) is 37.8 Å². The lowest BCUT2D eigenvalue weighted by atomic mass is 9.92. The van der Waals surface area contributed by atoms with Gasteiger partial charge in [0.25, 0.3) is 0 Å². The Hall–Kier alpha value is -1.60. The molecule has 0 aliphatic heterocycles. The van der Waals surface area contributed by atoms with Crippen molar-refractivity contribution >= 4 is 5.82 Å². The summed E-state index contributed by atoms with van der Waals surface area (Å²) in [6.45, 7) is 0. The molecule has 1 saturated carbocycles. The summed E-state index contributed by atoms with van der Waals surface area (Å²) in [6, 6.07) is 6.41. The highest BCUT2D eigenvalue weighted by Gasteiger charge is 2.18. The van der Waals surface area contributed by atoms with Crippen molar-refractivity contribution in [1.29, 1.82) is 5.26 Å². The van der Waals surface area contributed by atoms with Crippen LogP contribution in [0, 0.1) is 11.3 Å².